The van der Waals surface area contributed by atoms with Crippen LogP contribution in [0.3, 0.4) is 0 Å². The van der Waals surface area contributed by atoms with Gasteiger partial charge >= 0.3 is 0 Å². The van der Waals surface area contributed by atoms with E-state index in [-0.39, 0.29) is 16.7 Å². The Labute approximate surface area is 95.5 Å². The van der Waals surface area contributed by atoms with Gasteiger partial charge in [-0.05, 0) is 24.3 Å². The molecule has 0 N–H and O–H groups in total. The number of aldehydes is 1. The molecular formula is C13H7F3O. The topological polar surface area (TPSA) is 17.1 Å². The Kier molecular flexibility index (Phi) is 2.95. The zero-order valence-corrected chi connectivity index (χ0v) is 8.58. The highest BCUT2D eigenvalue weighted by Crippen LogP contribution is 2.28. The number of rotatable bonds is 2. The van der Waals surface area contributed by atoms with Gasteiger partial charge in [0.1, 0.15) is 17.5 Å². The predicted molar refractivity (Wildman–Crippen MR) is 57.1 cm³/mol. The van der Waals surface area contributed by atoms with Crippen LogP contribution in [0.1, 0.15) is 10.4 Å². The molecule has 0 saturated carbocycles. The van der Waals surface area contributed by atoms with Gasteiger partial charge in [-0.25, -0.2) is 13.2 Å². The number of halogens is 3. The standard InChI is InChI=1S/C13H7F3O/c14-9-4-5-11(15)10(6-9)13-8(7-17)2-1-3-12(13)16/h1-7H. The third-order valence-electron chi connectivity index (χ3n) is 2.37. The lowest BCUT2D eigenvalue weighted by molar-refractivity contribution is 0.112. The molecule has 17 heavy (non-hydrogen) atoms. The van der Waals surface area contributed by atoms with E-state index in [4.69, 9.17) is 0 Å². The van der Waals surface area contributed by atoms with Gasteiger partial charge in [0.25, 0.3) is 0 Å². The highest BCUT2D eigenvalue weighted by Gasteiger charge is 2.15. The summed E-state index contributed by atoms with van der Waals surface area (Å²) in [6.45, 7) is 0. The second-order valence-electron chi connectivity index (χ2n) is 3.45. The predicted octanol–water partition coefficient (Wildman–Crippen LogP) is 3.58. The van der Waals surface area contributed by atoms with E-state index < -0.39 is 17.5 Å². The van der Waals surface area contributed by atoms with Gasteiger partial charge in [0, 0.05) is 16.7 Å². The van der Waals surface area contributed by atoms with E-state index in [0.717, 1.165) is 24.3 Å². The molecule has 0 unspecified atom stereocenters. The Hall–Kier alpha value is -2.10. The van der Waals surface area contributed by atoms with Crippen molar-refractivity contribution in [2.45, 2.75) is 0 Å². The molecule has 0 bridgehead atoms. The van der Waals surface area contributed by atoms with Crippen molar-refractivity contribution < 1.29 is 18.0 Å². The molecule has 86 valence electrons. The summed E-state index contributed by atoms with van der Waals surface area (Å²) in [7, 11) is 0. The molecule has 2 aromatic carbocycles. The summed E-state index contributed by atoms with van der Waals surface area (Å²) in [5.41, 5.74) is -0.501. The molecule has 0 saturated heterocycles. The molecule has 0 spiro atoms. The fourth-order valence-electron chi connectivity index (χ4n) is 1.61. The van der Waals surface area contributed by atoms with Gasteiger partial charge in [0.15, 0.2) is 6.29 Å². The van der Waals surface area contributed by atoms with Gasteiger partial charge in [-0.15, -0.1) is 0 Å². The lowest BCUT2D eigenvalue weighted by atomic mass is 9.99. The molecular weight excluding hydrogens is 229 g/mol. The Morgan fingerprint density at radius 1 is 0.941 bits per heavy atom. The Morgan fingerprint density at radius 3 is 2.41 bits per heavy atom. The van der Waals surface area contributed by atoms with Crippen LogP contribution in [-0.4, -0.2) is 6.29 Å². The van der Waals surface area contributed by atoms with E-state index in [1.807, 2.05) is 0 Å². The number of hydrogen-bond donors (Lipinski definition) is 0. The molecule has 0 aliphatic heterocycles. The Balaban J connectivity index is 2.75. The summed E-state index contributed by atoms with van der Waals surface area (Å²) in [6.07, 6.45) is 0.406. The van der Waals surface area contributed by atoms with Crippen molar-refractivity contribution in [3.63, 3.8) is 0 Å². The maximum absolute atomic E-state index is 13.6. The zero-order valence-electron chi connectivity index (χ0n) is 8.58. The summed E-state index contributed by atoms with van der Waals surface area (Å²) >= 11 is 0. The first kappa shape index (κ1) is 11.4. The minimum absolute atomic E-state index is 0.0190. The third kappa shape index (κ3) is 2.06. The van der Waals surface area contributed by atoms with Crippen molar-refractivity contribution in [3.05, 3.63) is 59.4 Å². The molecule has 2 rings (SSSR count). The lowest BCUT2D eigenvalue weighted by Gasteiger charge is -2.07. The molecule has 0 atom stereocenters. The van der Waals surface area contributed by atoms with Crippen LogP contribution in [0.15, 0.2) is 36.4 Å². The Bertz CT molecular complexity index is 579. The number of benzene rings is 2. The number of carbonyl (C=O) groups is 1. The van der Waals surface area contributed by atoms with Crippen LogP contribution < -0.4 is 0 Å². The van der Waals surface area contributed by atoms with E-state index in [9.17, 15) is 18.0 Å². The SMILES string of the molecule is O=Cc1cccc(F)c1-c1cc(F)ccc1F. The van der Waals surface area contributed by atoms with Gasteiger partial charge in [-0.2, -0.15) is 0 Å². The fraction of sp³-hybridized carbons (Fsp3) is 0. The van der Waals surface area contributed by atoms with Crippen LogP contribution in [0.2, 0.25) is 0 Å². The van der Waals surface area contributed by atoms with E-state index in [1.165, 1.54) is 12.1 Å². The molecule has 1 nitrogen and oxygen atoms in total. The average Bonchev–Trinajstić information content (AvgIpc) is 2.32. The van der Waals surface area contributed by atoms with Crippen LogP contribution in [0.4, 0.5) is 13.2 Å². The normalized spacial score (nSPS) is 10.3. The molecule has 0 radical (unpaired) electrons. The highest BCUT2D eigenvalue weighted by molar-refractivity contribution is 5.87. The molecule has 0 amide bonds. The molecule has 4 heteroatoms. The minimum atomic E-state index is -0.778. The van der Waals surface area contributed by atoms with Crippen LogP contribution in [0, 0.1) is 17.5 Å². The fourth-order valence-corrected chi connectivity index (χ4v) is 1.61. The first-order valence-corrected chi connectivity index (χ1v) is 4.82. The smallest absolute Gasteiger partial charge is 0.150 e. The monoisotopic (exact) mass is 236 g/mol. The van der Waals surface area contributed by atoms with Gasteiger partial charge in [0.2, 0.25) is 0 Å². The van der Waals surface area contributed by atoms with Crippen molar-refractivity contribution in [1.82, 2.24) is 0 Å². The van der Waals surface area contributed by atoms with Crippen molar-refractivity contribution in [2.24, 2.45) is 0 Å². The summed E-state index contributed by atoms with van der Waals surface area (Å²) < 4.78 is 40.1. The van der Waals surface area contributed by atoms with Crippen molar-refractivity contribution in [2.75, 3.05) is 0 Å². The molecule has 0 aromatic heterocycles. The summed E-state index contributed by atoms with van der Waals surface area (Å²) in [5.74, 6) is -2.24. The minimum Gasteiger partial charge on any atom is -0.298 e. The van der Waals surface area contributed by atoms with E-state index in [0.29, 0.717) is 6.29 Å². The quantitative estimate of drug-likeness (QED) is 0.728. The van der Waals surface area contributed by atoms with Gasteiger partial charge in [-0.1, -0.05) is 12.1 Å². The summed E-state index contributed by atoms with van der Waals surface area (Å²) in [6, 6.07) is 6.45. The van der Waals surface area contributed by atoms with Gasteiger partial charge in [-0.3, -0.25) is 4.79 Å². The highest BCUT2D eigenvalue weighted by atomic mass is 19.1. The van der Waals surface area contributed by atoms with E-state index in [2.05, 4.69) is 0 Å². The molecule has 0 fully saturated rings. The van der Waals surface area contributed by atoms with Crippen LogP contribution >= 0.6 is 0 Å². The van der Waals surface area contributed by atoms with E-state index in [1.54, 1.807) is 0 Å². The zero-order chi connectivity index (χ0) is 12.4. The van der Waals surface area contributed by atoms with E-state index >= 15 is 0 Å². The maximum Gasteiger partial charge on any atom is 0.150 e. The van der Waals surface area contributed by atoms with Gasteiger partial charge in [0.05, 0.1) is 0 Å². The van der Waals surface area contributed by atoms with Crippen LogP contribution in [-0.2, 0) is 0 Å². The van der Waals surface area contributed by atoms with Crippen LogP contribution in [0.25, 0.3) is 11.1 Å². The van der Waals surface area contributed by atoms with Crippen molar-refractivity contribution >= 4 is 6.29 Å². The van der Waals surface area contributed by atoms with Crippen molar-refractivity contribution in [1.29, 1.82) is 0 Å². The summed E-state index contributed by atoms with van der Waals surface area (Å²) in [5, 5.41) is 0. The Morgan fingerprint density at radius 2 is 1.71 bits per heavy atom. The average molecular weight is 236 g/mol. The second-order valence-corrected chi connectivity index (χ2v) is 3.45. The van der Waals surface area contributed by atoms with Crippen LogP contribution in [0.5, 0.6) is 0 Å². The third-order valence-corrected chi connectivity index (χ3v) is 2.37. The maximum atomic E-state index is 13.6. The molecule has 0 aliphatic carbocycles. The first-order valence-electron chi connectivity index (χ1n) is 4.82. The second kappa shape index (κ2) is 4.41. The first-order chi connectivity index (χ1) is 8.13. The van der Waals surface area contributed by atoms with Crippen molar-refractivity contribution in [3.8, 4) is 11.1 Å². The molecule has 0 aliphatic rings. The lowest BCUT2D eigenvalue weighted by Crippen LogP contribution is -1.95. The summed E-state index contributed by atoms with van der Waals surface area (Å²) in [4.78, 5) is 10.8. The number of hydrogen-bond acceptors (Lipinski definition) is 1. The molecule has 2 aromatic rings. The largest absolute Gasteiger partial charge is 0.298 e. The molecule has 0 heterocycles. The number of carbonyl (C=O) groups excluding carboxylic acids is 1. The van der Waals surface area contributed by atoms with Gasteiger partial charge < -0.3 is 0 Å².